The third-order valence-corrected chi connectivity index (χ3v) is 4.07. The summed E-state index contributed by atoms with van der Waals surface area (Å²) in [5.74, 6) is 0.248. The molecule has 1 aromatic carbocycles. The van der Waals surface area contributed by atoms with Gasteiger partial charge >= 0.3 is 0 Å². The Balaban J connectivity index is 1.89. The molecule has 0 bridgehead atoms. The van der Waals surface area contributed by atoms with Gasteiger partial charge in [-0.15, -0.1) is 0 Å². The molecule has 1 aromatic rings. The summed E-state index contributed by atoms with van der Waals surface area (Å²) in [7, 11) is 1.94. The number of rotatable bonds is 5. The van der Waals surface area contributed by atoms with Crippen molar-refractivity contribution in [2.24, 2.45) is 0 Å². The van der Waals surface area contributed by atoms with E-state index in [2.05, 4.69) is 5.32 Å². The van der Waals surface area contributed by atoms with Gasteiger partial charge in [-0.05, 0) is 37.9 Å². The number of likely N-dealkylation sites (N-methyl/N-ethyl adjacent to an activating group) is 1. The molecule has 1 aliphatic rings. The number of aryl methyl sites for hydroxylation is 1. The highest BCUT2D eigenvalue weighted by atomic mass is 35.5. The van der Waals surface area contributed by atoms with Gasteiger partial charge in [0.05, 0.1) is 0 Å². The number of carbonyl (C=O) groups is 1. The summed E-state index contributed by atoms with van der Waals surface area (Å²) in [5, 5.41) is 3.92. The van der Waals surface area contributed by atoms with Gasteiger partial charge in [0, 0.05) is 30.6 Å². The molecule has 0 radical (unpaired) electrons. The SMILES string of the molecule is CNC[C@@H]1CCCN1C(=O)CCc1ccccc1Cl. The maximum atomic E-state index is 12.3. The molecule has 1 saturated heterocycles. The lowest BCUT2D eigenvalue weighted by Gasteiger charge is -2.24. The van der Waals surface area contributed by atoms with E-state index in [1.807, 2.05) is 36.2 Å². The van der Waals surface area contributed by atoms with Gasteiger partial charge in [-0.3, -0.25) is 4.79 Å². The first kappa shape index (κ1) is 14.4. The quantitative estimate of drug-likeness (QED) is 0.899. The Morgan fingerprint density at radius 2 is 2.26 bits per heavy atom. The Morgan fingerprint density at radius 3 is 3.00 bits per heavy atom. The third kappa shape index (κ3) is 3.71. The zero-order valence-corrected chi connectivity index (χ0v) is 12.1. The van der Waals surface area contributed by atoms with Crippen molar-refractivity contribution in [1.82, 2.24) is 10.2 Å². The Labute approximate surface area is 119 Å². The van der Waals surface area contributed by atoms with Crippen LogP contribution in [0.25, 0.3) is 0 Å². The summed E-state index contributed by atoms with van der Waals surface area (Å²) in [6.07, 6.45) is 3.49. The number of benzene rings is 1. The monoisotopic (exact) mass is 280 g/mol. The van der Waals surface area contributed by atoms with E-state index in [1.165, 1.54) is 0 Å². The van der Waals surface area contributed by atoms with Crippen LogP contribution in [0, 0.1) is 0 Å². The average Bonchev–Trinajstić information content (AvgIpc) is 2.86. The summed E-state index contributed by atoms with van der Waals surface area (Å²) < 4.78 is 0. The maximum Gasteiger partial charge on any atom is 0.223 e. The number of hydrogen-bond donors (Lipinski definition) is 1. The third-order valence-electron chi connectivity index (χ3n) is 3.70. The van der Waals surface area contributed by atoms with Gasteiger partial charge in [-0.1, -0.05) is 29.8 Å². The van der Waals surface area contributed by atoms with Crippen LogP contribution in [0.2, 0.25) is 5.02 Å². The number of amides is 1. The predicted octanol–water partition coefficient (Wildman–Crippen LogP) is 2.48. The summed E-state index contributed by atoms with van der Waals surface area (Å²) >= 11 is 6.11. The molecule has 1 fully saturated rings. The first-order chi connectivity index (χ1) is 9.22. The number of nitrogens with one attached hydrogen (secondary N) is 1. The Morgan fingerprint density at radius 1 is 1.47 bits per heavy atom. The van der Waals surface area contributed by atoms with E-state index < -0.39 is 0 Å². The fourth-order valence-corrected chi connectivity index (χ4v) is 2.93. The van der Waals surface area contributed by atoms with E-state index in [1.54, 1.807) is 0 Å². The largest absolute Gasteiger partial charge is 0.338 e. The predicted molar refractivity (Wildman–Crippen MR) is 78.4 cm³/mol. The van der Waals surface area contributed by atoms with Crippen LogP contribution in [-0.4, -0.2) is 37.0 Å². The first-order valence-corrected chi connectivity index (χ1v) is 7.27. The van der Waals surface area contributed by atoms with E-state index in [-0.39, 0.29) is 5.91 Å². The highest BCUT2D eigenvalue weighted by Crippen LogP contribution is 2.20. The smallest absolute Gasteiger partial charge is 0.223 e. The Hall–Kier alpha value is -1.06. The van der Waals surface area contributed by atoms with Gasteiger partial charge in [0.15, 0.2) is 0 Å². The molecule has 3 nitrogen and oxygen atoms in total. The number of hydrogen-bond acceptors (Lipinski definition) is 2. The molecule has 104 valence electrons. The zero-order valence-electron chi connectivity index (χ0n) is 11.4. The van der Waals surface area contributed by atoms with Gasteiger partial charge < -0.3 is 10.2 Å². The van der Waals surface area contributed by atoms with Crippen LogP contribution in [0.1, 0.15) is 24.8 Å². The highest BCUT2D eigenvalue weighted by molar-refractivity contribution is 6.31. The highest BCUT2D eigenvalue weighted by Gasteiger charge is 2.27. The molecule has 19 heavy (non-hydrogen) atoms. The minimum atomic E-state index is 0.248. The zero-order chi connectivity index (χ0) is 13.7. The van der Waals surface area contributed by atoms with E-state index in [0.717, 1.165) is 42.9 Å². The van der Waals surface area contributed by atoms with Gasteiger partial charge in [-0.25, -0.2) is 0 Å². The van der Waals surface area contributed by atoms with Crippen molar-refractivity contribution >= 4 is 17.5 Å². The molecule has 0 unspecified atom stereocenters. The average molecular weight is 281 g/mol. The molecule has 0 spiro atoms. The Bertz CT molecular complexity index is 436. The summed E-state index contributed by atoms with van der Waals surface area (Å²) in [5.41, 5.74) is 1.06. The van der Waals surface area contributed by atoms with Crippen LogP contribution in [0.5, 0.6) is 0 Å². The van der Waals surface area contributed by atoms with E-state index in [4.69, 9.17) is 11.6 Å². The summed E-state index contributed by atoms with van der Waals surface area (Å²) in [4.78, 5) is 14.3. The van der Waals surface area contributed by atoms with Crippen molar-refractivity contribution in [3.8, 4) is 0 Å². The van der Waals surface area contributed by atoms with Crippen LogP contribution in [-0.2, 0) is 11.2 Å². The van der Waals surface area contributed by atoms with Gasteiger partial charge in [0.1, 0.15) is 0 Å². The van der Waals surface area contributed by atoms with Crippen molar-refractivity contribution in [2.75, 3.05) is 20.1 Å². The second kappa shape index (κ2) is 6.92. The molecule has 1 aliphatic heterocycles. The summed E-state index contributed by atoms with van der Waals surface area (Å²) in [6, 6.07) is 8.11. The molecule has 1 heterocycles. The number of carbonyl (C=O) groups excluding carboxylic acids is 1. The molecule has 0 aliphatic carbocycles. The van der Waals surface area contributed by atoms with Gasteiger partial charge in [0.2, 0.25) is 5.91 Å². The maximum absolute atomic E-state index is 12.3. The normalized spacial score (nSPS) is 18.8. The number of nitrogens with zero attached hydrogens (tertiary/aromatic N) is 1. The first-order valence-electron chi connectivity index (χ1n) is 6.90. The van der Waals surface area contributed by atoms with Crippen molar-refractivity contribution in [1.29, 1.82) is 0 Å². The molecule has 0 aromatic heterocycles. The molecular weight excluding hydrogens is 260 g/mol. The molecular formula is C15H21ClN2O. The second-order valence-corrected chi connectivity index (χ2v) is 5.44. The topological polar surface area (TPSA) is 32.3 Å². The van der Waals surface area contributed by atoms with Crippen LogP contribution >= 0.6 is 11.6 Å². The number of halogens is 1. The molecule has 4 heteroatoms. The van der Waals surface area contributed by atoms with Crippen molar-refractivity contribution in [2.45, 2.75) is 31.7 Å². The molecule has 1 atom stereocenters. The van der Waals surface area contributed by atoms with Crippen molar-refractivity contribution < 1.29 is 4.79 Å². The molecule has 2 rings (SSSR count). The van der Waals surface area contributed by atoms with E-state index in [9.17, 15) is 4.79 Å². The number of likely N-dealkylation sites (tertiary alicyclic amines) is 1. The minimum Gasteiger partial charge on any atom is -0.338 e. The fourth-order valence-electron chi connectivity index (χ4n) is 2.70. The van der Waals surface area contributed by atoms with Crippen LogP contribution in [0.4, 0.5) is 0 Å². The lowest BCUT2D eigenvalue weighted by molar-refractivity contribution is -0.131. The lowest BCUT2D eigenvalue weighted by atomic mass is 10.1. The Kier molecular flexibility index (Phi) is 5.23. The van der Waals surface area contributed by atoms with E-state index >= 15 is 0 Å². The minimum absolute atomic E-state index is 0.248. The van der Waals surface area contributed by atoms with Crippen LogP contribution in [0.3, 0.4) is 0 Å². The van der Waals surface area contributed by atoms with Crippen LogP contribution < -0.4 is 5.32 Å². The van der Waals surface area contributed by atoms with Crippen molar-refractivity contribution in [3.63, 3.8) is 0 Å². The van der Waals surface area contributed by atoms with Gasteiger partial charge in [-0.2, -0.15) is 0 Å². The molecule has 1 N–H and O–H groups in total. The fraction of sp³-hybridized carbons (Fsp3) is 0.533. The second-order valence-electron chi connectivity index (χ2n) is 5.03. The molecule has 0 saturated carbocycles. The standard InChI is InChI=1S/C15H21ClN2O/c1-17-11-13-6-4-10-18(13)15(19)9-8-12-5-2-3-7-14(12)16/h2-3,5,7,13,17H,4,6,8-11H2,1H3/t13-/m0/s1. The summed E-state index contributed by atoms with van der Waals surface area (Å²) in [6.45, 7) is 1.78. The van der Waals surface area contributed by atoms with Gasteiger partial charge in [0.25, 0.3) is 0 Å². The molecule has 1 amide bonds. The van der Waals surface area contributed by atoms with Crippen LogP contribution in [0.15, 0.2) is 24.3 Å². The van der Waals surface area contributed by atoms with E-state index in [0.29, 0.717) is 12.5 Å². The lowest BCUT2D eigenvalue weighted by Crippen LogP contribution is -2.40. The van der Waals surface area contributed by atoms with Crippen molar-refractivity contribution in [3.05, 3.63) is 34.9 Å².